The van der Waals surface area contributed by atoms with Crippen LogP contribution in [0.4, 0.5) is 6.01 Å². The van der Waals surface area contributed by atoms with Crippen LogP contribution in [0.5, 0.6) is 0 Å². The smallest absolute Gasteiger partial charge is 0.298 e. The number of anilines is 1. The van der Waals surface area contributed by atoms with Gasteiger partial charge in [0.05, 0.1) is 0 Å². The van der Waals surface area contributed by atoms with Crippen molar-refractivity contribution in [2.75, 3.05) is 18.0 Å². The molecule has 0 bridgehead atoms. The lowest BCUT2D eigenvalue weighted by Crippen LogP contribution is -2.37. The summed E-state index contributed by atoms with van der Waals surface area (Å²) in [6.45, 7) is 2.15. The van der Waals surface area contributed by atoms with Crippen molar-refractivity contribution in [3.63, 3.8) is 0 Å². The van der Waals surface area contributed by atoms with E-state index in [4.69, 9.17) is 4.42 Å². The number of fused-ring (bicyclic) bond motifs is 1. The molecule has 2 aromatic rings. The SMILES string of the molecule is c1ccc2oc(N3CCC3)nc2c1. The fourth-order valence-corrected chi connectivity index (χ4v) is 1.50. The Hall–Kier alpha value is -1.51. The molecule has 1 aliphatic heterocycles. The Morgan fingerprint density at radius 3 is 2.77 bits per heavy atom. The molecular formula is C10H10N2O. The van der Waals surface area contributed by atoms with Crippen LogP contribution < -0.4 is 4.90 Å². The lowest BCUT2D eigenvalue weighted by Gasteiger charge is -2.28. The van der Waals surface area contributed by atoms with Crippen LogP contribution >= 0.6 is 0 Å². The van der Waals surface area contributed by atoms with E-state index >= 15 is 0 Å². The van der Waals surface area contributed by atoms with Gasteiger partial charge in [0.25, 0.3) is 6.01 Å². The van der Waals surface area contributed by atoms with E-state index in [0.29, 0.717) is 0 Å². The third kappa shape index (κ3) is 1.00. The van der Waals surface area contributed by atoms with E-state index in [1.54, 1.807) is 0 Å². The first-order chi connectivity index (χ1) is 6.43. The Kier molecular flexibility index (Phi) is 1.33. The average Bonchev–Trinajstić information content (AvgIpc) is 2.43. The Bertz CT molecular complexity index is 398. The Balaban J connectivity index is 2.10. The quantitative estimate of drug-likeness (QED) is 0.662. The molecule has 1 aromatic carbocycles. The van der Waals surface area contributed by atoms with Crippen LogP contribution in [0, 0.1) is 0 Å². The highest BCUT2D eigenvalue weighted by Gasteiger charge is 2.19. The molecule has 66 valence electrons. The molecule has 0 aliphatic carbocycles. The molecule has 0 saturated carbocycles. The number of benzene rings is 1. The summed E-state index contributed by atoms with van der Waals surface area (Å²) in [4.78, 5) is 6.55. The molecule has 0 radical (unpaired) electrons. The minimum absolute atomic E-state index is 0.771. The summed E-state index contributed by atoms with van der Waals surface area (Å²) in [5.41, 5.74) is 1.83. The molecule has 13 heavy (non-hydrogen) atoms. The predicted molar refractivity (Wildman–Crippen MR) is 50.8 cm³/mol. The van der Waals surface area contributed by atoms with Gasteiger partial charge in [0.2, 0.25) is 0 Å². The van der Waals surface area contributed by atoms with Gasteiger partial charge >= 0.3 is 0 Å². The molecule has 3 rings (SSSR count). The third-order valence-electron chi connectivity index (χ3n) is 2.41. The van der Waals surface area contributed by atoms with Crippen molar-refractivity contribution in [3.8, 4) is 0 Å². The van der Waals surface area contributed by atoms with Gasteiger partial charge in [0, 0.05) is 13.1 Å². The zero-order chi connectivity index (χ0) is 8.67. The topological polar surface area (TPSA) is 29.3 Å². The van der Waals surface area contributed by atoms with Crippen molar-refractivity contribution < 1.29 is 4.42 Å². The van der Waals surface area contributed by atoms with Crippen molar-refractivity contribution >= 4 is 17.1 Å². The van der Waals surface area contributed by atoms with E-state index in [0.717, 1.165) is 30.2 Å². The molecule has 0 N–H and O–H groups in total. The van der Waals surface area contributed by atoms with Gasteiger partial charge in [-0.2, -0.15) is 4.98 Å². The van der Waals surface area contributed by atoms with Crippen LogP contribution in [0.1, 0.15) is 6.42 Å². The second-order valence-corrected chi connectivity index (χ2v) is 3.30. The normalized spacial score (nSPS) is 16.2. The number of oxazole rings is 1. The summed E-state index contributed by atoms with van der Waals surface area (Å²) < 4.78 is 5.59. The van der Waals surface area contributed by atoms with Gasteiger partial charge in [-0.3, -0.25) is 0 Å². The van der Waals surface area contributed by atoms with Crippen LogP contribution in [0.2, 0.25) is 0 Å². The first-order valence-corrected chi connectivity index (χ1v) is 4.54. The van der Waals surface area contributed by atoms with Gasteiger partial charge in [-0.05, 0) is 18.6 Å². The van der Waals surface area contributed by atoms with Gasteiger partial charge in [-0.15, -0.1) is 0 Å². The maximum atomic E-state index is 5.59. The fourth-order valence-electron chi connectivity index (χ4n) is 1.50. The molecule has 0 atom stereocenters. The molecule has 0 spiro atoms. The fraction of sp³-hybridized carbons (Fsp3) is 0.300. The second-order valence-electron chi connectivity index (χ2n) is 3.30. The van der Waals surface area contributed by atoms with Gasteiger partial charge in [0.1, 0.15) is 5.52 Å². The minimum Gasteiger partial charge on any atom is -0.423 e. The molecule has 1 aromatic heterocycles. The monoisotopic (exact) mass is 174 g/mol. The van der Waals surface area contributed by atoms with Gasteiger partial charge in [-0.1, -0.05) is 12.1 Å². The molecule has 0 amide bonds. The molecule has 2 heterocycles. The Labute approximate surface area is 76.0 Å². The van der Waals surface area contributed by atoms with E-state index < -0.39 is 0 Å². The van der Waals surface area contributed by atoms with Crippen LogP contribution in [0.3, 0.4) is 0 Å². The van der Waals surface area contributed by atoms with Crippen molar-refractivity contribution in [2.45, 2.75) is 6.42 Å². The van der Waals surface area contributed by atoms with E-state index in [-0.39, 0.29) is 0 Å². The number of para-hydroxylation sites is 2. The average molecular weight is 174 g/mol. The zero-order valence-electron chi connectivity index (χ0n) is 7.23. The number of hydrogen-bond acceptors (Lipinski definition) is 3. The Morgan fingerprint density at radius 1 is 1.23 bits per heavy atom. The van der Waals surface area contributed by atoms with E-state index in [2.05, 4.69) is 9.88 Å². The highest BCUT2D eigenvalue weighted by Crippen LogP contribution is 2.24. The highest BCUT2D eigenvalue weighted by molar-refractivity contribution is 5.74. The highest BCUT2D eigenvalue weighted by atomic mass is 16.4. The molecule has 3 heteroatoms. The van der Waals surface area contributed by atoms with Gasteiger partial charge < -0.3 is 9.32 Å². The number of hydrogen-bond donors (Lipinski definition) is 0. The summed E-state index contributed by atoms with van der Waals surface area (Å²) in [5.74, 6) is 0. The van der Waals surface area contributed by atoms with Gasteiger partial charge in [0.15, 0.2) is 5.58 Å². The van der Waals surface area contributed by atoms with Crippen LogP contribution in [0.25, 0.3) is 11.1 Å². The number of aromatic nitrogens is 1. The van der Waals surface area contributed by atoms with E-state index in [9.17, 15) is 0 Å². The number of nitrogens with zero attached hydrogens (tertiary/aromatic N) is 2. The third-order valence-corrected chi connectivity index (χ3v) is 2.41. The van der Waals surface area contributed by atoms with Crippen LogP contribution in [-0.4, -0.2) is 18.1 Å². The molecule has 1 aliphatic rings. The van der Waals surface area contributed by atoms with E-state index in [1.807, 2.05) is 24.3 Å². The van der Waals surface area contributed by atoms with E-state index in [1.165, 1.54) is 6.42 Å². The first-order valence-electron chi connectivity index (χ1n) is 4.54. The summed E-state index contributed by atoms with van der Waals surface area (Å²) in [7, 11) is 0. The van der Waals surface area contributed by atoms with Crippen molar-refractivity contribution in [3.05, 3.63) is 24.3 Å². The lowest BCUT2D eigenvalue weighted by atomic mass is 10.2. The predicted octanol–water partition coefficient (Wildman–Crippen LogP) is 2.04. The molecule has 3 nitrogen and oxygen atoms in total. The molecule has 1 saturated heterocycles. The zero-order valence-corrected chi connectivity index (χ0v) is 7.23. The summed E-state index contributed by atoms with van der Waals surface area (Å²) >= 11 is 0. The minimum atomic E-state index is 0.771. The molecule has 0 unspecified atom stereocenters. The maximum absolute atomic E-state index is 5.59. The standard InChI is InChI=1S/C10H10N2O/c1-2-5-9-8(4-1)11-10(13-9)12-6-3-7-12/h1-2,4-5H,3,6-7H2. The summed E-state index contributed by atoms with van der Waals surface area (Å²) in [6.07, 6.45) is 1.25. The van der Waals surface area contributed by atoms with Crippen LogP contribution in [0.15, 0.2) is 28.7 Å². The number of rotatable bonds is 1. The van der Waals surface area contributed by atoms with Crippen molar-refractivity contribution in [2.24, 2.45) is 0 Å². The maximum Gasteiger partial charge on any atom is 0.298 e. The second kappa shape index (κ2) is 2.49. The largest absolute Gasteiger partial charge is 0.423 e. The van der Waals surface area contributed by atoms with Crippen molar-refractivity contribution in [1.82, 2.24) is 4.98 Å². The first kappa shape index (κ1) is 6.95. The molecule has 1 fully saturated rings. The van der Waals surface area contributed by atoms with Gasteiger partial charge in [-0.25, -0.2) is 0 Å². The lowest BCUT2D eigenvalue weighted by molar-refractivity contribution is 0.510. The van der Waals surface area contributed by atoms with Crippen molar-refractivity contribution in [1.29, 1.82) is 0 Å². The van der Waals surface area contributed by atoms with Crippen LogP contribution in [-0.2, 0) is 0 Å². The molecular weight excluding hydrogens is 164 g/mol. The summed E-state index contributed by atoms with van der Waals surface area (Å²) in [6, 6.07) is 8.64. The summed E-state index contributed by atoms with van der Waals surface area (Å²) in [5, 5.41) is 0. The Morgan fingerprint density at radius 2 is 2.08 bits per heavy atom.